The third-order valence-electron chi connectivity index (χ3n) is 2.97. The molecule has 0 fully saturated rings. The van der Waals surface area contributed by atoms with E-state index < -0.39 is 5.97 Å². The molecule has 0 heterocycles. The van der Waals surface area contributed by atoms with Crippen LogP contribution in [0.15, 0.2) is 36.4 Å². The van der Waals surface area contributed by atoms with Crippen LogP contribution in [0.3, 0.4) is 0 Å². The van der Waals surface area contributed by atoms with Crippen molar-refractivity contribution in [1.29, 1.82) is 0 Å². The number of carbonyl (C=O) groups is 2. The minimum atomic E-state index is -1.08. The molecule has 0 aromatic heterocycles. The van der Waals surface area contributed by atoms with Crippen LogP contribution in [0, 0.1) is 0 Å². The van der Waals surface area contributed by atoms with Crippen LogP contribution in [0.25, 0.3) is 10.8 Å². The van der Waals surface area contributed by atoms with Crippen molar-refractivity contribution in [2.24, 2.45) is 0 Å². The van der Waals surface area contributed by atoms with Gasteiger partial charge in [0.1, 0.15) is 6.61 Å². The Hall–Kier alpha value is -2.40. The number of carboxylic acids is 1. The highest BCUT2D eigenvalue weighted by atomic mass is 16.5. The maximum atomic E-state index is 11.8. The van der Waals surface area contributed by atoms with Gasteiger partial charge in [0.2, 0.25) is 5.91 Å². The molecular formula is C16H17NO4. The summed E-state index contributed by atoms with van der Waals surface area (Å²) in [6, 6.07) is 10.6. The van der Waals surface area contributed by atoms with Crippen LogP contribution in [0.5, 0.6) is 0 Å². The van der Waals surface area contributed by atoms with E-state index in [1.165, 1.54) is 0 Å². The van der Waals surface area contributed by atoms with Crippen LogP contribution in [-0.4, -0.2) is 30.2 Å². The fourth-order valence-corrected chi connectivity index (χ4v) is 2.02. The molecule has 5 nitrogen and oxygen atoms in total. The van der Waals surface area contributed by atoms with Crippen LogP contribution >= 0.6 is 0 Å². The van der Waals surface area contributed by atoms with E-state index in [9.17, 15) is 14.7 Å². The smallest absolute Gasteiger partial charge is 0.337 e. The number of amides is 1. The molecule has 2 N–H and O–H groups in total. The lowest BCUT2D eigenvalue weighted by Gasteiger charge is -2.10. The van der Waals surface area contributed by atoms with Gasteiger partial charge < -0.3 is 15.2 Å². The second-order valence-electron chi connectivity index (χ2n) is 4.65. The predicted octanol–water partition coefficient (Wildman–Crippen LogP) is 2.90. The highest BCUT2D eigenvalue weighted by molar-refractivity contribution is 6.05. The van der Waals surface area contributed by atoms with Crippen LogP contribution in [0.4, 0.5) is 5.69 Å². The zero-order chi connectivity index (χ0) is 15.2. The minimum Gasteiger partial charge on any atom is -0.478 e. The molecule has 0 saturated heterocycles. The number of hydrogen-bond donors (Lipinski definition) is 2. The largest absolute Gasteiger partial charge is 0.478 e. The summed E-state index contributed by atoms with van der Waals surface area (Å²) in [6.45, 7) is 2.36. The summed E-state index contributed by atoms with van der Waals surface area (Å²) in [5.74, 6) is -1.44. The molecular weight excluding hydrogens is 270 g/mol. The van der Waals surface area contributed by atoms with E-state index in [1.807, 2.05) is 31.2 Å². The van der Waals surface area contributed by atoms with Gasteiger partial charge in [0.05, 0.1) is 11.3 Å². The number of nitrogens with one attached hydrogen (secondary N) is 1. The van der Waals surface area contributed by atoms with E-state index in [1.54, 1.807) is 12.1 Å². The summed E-state index contributed by atoms with van der Waals surface area (Å²) in [5, 5.41) is 13.6. The molecule has 110 valence electrons. The van der Waals surface area contributed by atoms with Crippen LogP contribution < -0.4 is 5.32 Å². The van der Waals surface area contributed by atoms with Crippen LogP contribution in [0.1, 0.15) is 23.7 Å². The van der Waals surface area contributed by atoms with Crippen LogP contribution in [0.2, 0.25) is 0 Å². The first-order valence-electron chi connectivity index (χ1n) is 6.75. The molecule has 5 heteroatoms. The molecule has 2 rings (SSSR count). The van der Waals surface area contributed by atoms with Gasteiger partial charge in [-0.25, -0.2) is 4.79 Å². The Morgan fingerprint density at radius 1 is 1.19 bits per heavy atom. The van der Waals surface area contributed by atoms with E-state index in [0.717, 1.165) is 17.2 Å². The molecule has 0 saturated carbocycles. The van der Waals surface area contributed by atoms with Gasteiger partial charge in [0.15, 0.2) is 0 Å². The summed E-state index contributed by atoms with van der Waals surface area (Å²) in [4.78, 5) is 23.1. The van der Waals surface area contributed by atoms with E-state index in [-0.39, 0.29) is 23.8 Å². The van der Waals surface area contributed by atoms with Gasteiger partial charge in [-0.3, -0.25) is 4.79 Å². The second-order valence-corrected chi connectivity index (χ2v) is 4.65. The van der Waals surface area contributed by atoms with Crippen molar-refractivity contribution in [2.75, 3.05) is 18.5 Å². The highest BCUT2D eigenvalue weighted by Gasteiger charge is 2.14. The lowest BCUT2D eigenvalue weighted by molar-refractivity contribution is -0.120. The van der Waals surface area contributed by atoms with Crippen molar-refractivity contribution in [3.05, 3.63) is 42.0 Å². The highest BCUT2D eigenvalue weighted by Crippen LogP contribution is 2.24. The molecule has 0 aliphatic rings. The summed E-state index contributed by atoms with van der Waals surface area (Å²) >= 11 is 0. The summed E-state index contributed by atoms with van der Waals surface area (Å²) < 4.78 is 5.15. The first-order valence-corrected chi connectivity index (χ1v) is 6.75. The Morgan fingerprint density at radius 2 is 1.86 bits per heavy atom. The fraction of sp³-hybridized carbons (Fsp3) is 0.250. The third kappa shape index (κ3) is 3.79. The molecule has 2 aromatic carbocycles. The van der Waals surface area contributed by atoms with E-state index in [4.69, 9.17) is 4.74 Å². The van der Waals surface area contributed by atoms with Crippen molar-refractivity contribution in [2.45, 2.75) is 13.3 Å². The first-order chi connectivity index (χ1) is 10.1. The summed E-state index contributed by atoms with van der Waals surface area (Å²) in [5.41, 5.74) is 0.351. The zero-order valence-corrected chi connectivity index (χ0v) is 11.8. The van der Waals surface area contributed by atoms with Crippen molar-refractivity contribution < 1.29 is 19.4 Å². The lowest BCUT2D eigenvalue weighted by atomic mass is 10.0. The number of carboxylic acid groups (broad SMARTS) is 1. The molecule has 21 heavy (non-hydrogen) atoms. The number of fused-ring (bicyclic) bond motifs is 1. The van der Waals surface area contributed by atoms with Gasteiger partial charge in [-0.15, -0.1) is 0 Å². The van der Waals surface area contributed by atoms with Gasteiger partial charge in [0, 0.05) is 6.61 Å². The molecule has 0 aliphatic carbocycles. The number of anilines is 1. The van der Waals surface area contributed by atoms with Gasteiger partial charge in [-0.05, 0) is 29.3 Å². The third-order valence-corrected chi connectivity index (χ3v) is 2.97. The Kier molecular flexibility index (Phi) is 4.90. The maximum Gasteiger partial charge on any atom is 0.337 e. The Bertz CT molecular complexity index is 666. The predicted molar refractivity (Wildman–Crippen MR) is 80.6 cm³/mol. The number of rotatable bonds is 6. The number of aromatic carboxylic acids is 1. The molecule has 1 amide bonds. The standard InChI is InChI=1S/C16H17NO4/c1-2-7-21-10-15(18)17-14-9-12-6-4-3-5-11(12)8-13(14)16(19)20/h3-6,8-9H,2,7,10H2,1H3,(H,17,18)(H,19,20). The van der Waals surface area contributed by atoms with Crippen molar-refractivity contribution in [3.8, 4) is 0 Å². The molecule has 0 radical (unpaired) electrons. The quantitative estimate of drug-likeness (QED) is 0.801. The Balaban J connectivity index is 2.26. The number of ether oxygens (including phenoxy) is 1. The SMILES string of the molecule is CCCOCC(=O)Nc1cc2ccccc2cc1C(=O)O. The van der Waals surface area contributed by atoms with Crippen molar-refractivity contribution >= 4 is 28.3 Å². The molecule has 0 unspecified atom stereocenters. The monoisotopic (exact) mass is 287 g/mol. The van der Waals surface area contributed by atoms with E-state index in [0.29, 0.717) is 6.61 Å². The summed E-state index contributed by atoms with van der Waals surface area (Å²) in [6.07, 6.45) is 0.823. The number of hydrogen-bond acceptors (Lipinski definition) is 3. The topological polar surface area (TPSA) is 75.6 Å². The average molecular weight is 287 g/mol. The van der Waals surface area contributed by atoms with E-state index in [2.05, 4.69) is 5.32 Å². The number of benzene rings is 2. The minimum absolute atomic E-state index is 0.0672. The Labute approximate surface area is 122 Å². The van der Waals surface area contributed by atoms with Gasteiger partial charge in [-0.1, -0.05) is 31.2 Å². The van der Waals surface area contributed by atoms with Gasteiger partial charge in [-0.2, -0.15) is 0 Å². The fourth-order valence-electron chi connectivity index (χ4n) is 2.02. The number of carbonyl (C=O) groups excluding carboxylic acids is 1. The van der Waals surface area contributed by atoms with Crippen molar-refractivity contribution in [3.63, 3.8) is 0 Å². The molecule has 0 atom stereocenters. The average Bonchev–Trinajstić information content (AvgIpc) is 2.46. The Morgan fingerprint density at radius 3 is 2.48 bits per heavy atom. The second kappa shape index (κ2) is 6.85. The molecule has 0 spiro atoms. The van der Waals surface area contributed by atoms with Crippen LogP contribution in [-0.2, 0) is 9.53 Å². The van der Waals surface area contributed by atoms with Gasteiger partial charge in [0.25, 0.3) is 0 Å². The lowest BCUT2D eigenvalue weighted by Crippen LogP contribution is -2.20. The first kappa shape index (κ1) is 15.0. The van der Waals surface area contributed by atoms with Gasteiger partial charge >= 0.3 is 5.97 Å². The maximum absolute atomic E-state index is 11.8. The molecule has 2 aromatic rings. The normalized spacial score (nSPS) is 10.5. The molecule has 0 bridgehead atoms. The van der Waals surface area contributed by atoms with E-state index >= 15 is 0 Å². The van der Waals surface area contributed by atoms with Crippen molar-refractivity contribution in [1.82, 2.24) is 0 Å². The molecule has 0 aliphatic heterocycles. The zero-order valence-electron chi connectivity index (χ0n) is 11.8. The summed E-state index contributed by atoms with van der Waals surface area (Å²) in [7, 11) is 0.